The number of hydrogen-bond donors (Lipinski definition) is 1. The largest absolute Gasteiger partial charge is 0.484 e. The van der Waals surface area contributed by atoms with E-state index in [0.29, 0.717) is 16.9 Å². The lowest BCUT2D eigenvalue weighted by molar-refractivity contribution is -0.118. The molecule has 1 amide bonds. The number of benzene rings is 4. The van der Waals surface area contributed by atoms with Crippen molar-refractivity contribution in [1.29, 1.82) is 0 Å². The van der Waals surface area contributed by atoms with E-state index in [1.54, 1.807) is 24.3 Å². The van der Waals surface area contributed by atoms with Crippen LogP contribution < -0.4 is 20.2 Å². The fraction of sp³-hybridized carbons (Fsp3) is 0.0370. The Morgan fingerprint density at radius 2 is 1.65 bits per heavy atom. The van der Waals surface area contributed by atoms with E-state index in [1.165, 1.54) is 30.5 Å². The minimum absolute atomic E-state index is 0.0562. The molecule has 1 aromatic heterocycles. The van der Waals surface area contributed by atoms with Gasteiger partial charge in [0.2, 0.25) is 11.2 Å². The van der Waals surface area contributed by atoms with Crippen LogP contribution in [0.4, 0.5) is 10.1 Å². The summed E-state index contributed by atoms with van der Waals surface area (Å²) >= 11 is 0. The van der Waals surface area contributed by atoms with Crippen molar-refractivity contribution in [3.05, 3.63) is 107 Å². The summed E-state index contributed by atoms with van der Waals surface area (Å²) in [7, 11) is 0. The third kappa shape index (κ3) is 4.45. The molecule has 4 aromatic carbocycles. The Morgan fingerprint density at radius 1 is 0.882 bits per heavy atom. The summed E-state index contributed by atoms with van der Waals surface area (Å²) in [6, 6.07) is 23.8. The van der Waals surface area contributed by atoms with Crippen LogP contribution in [-0.4, -0.2) is 12.5 Å². The molecule has 6 nitrogen and oxygen atoms in total. The van der Waals surface area contributed by atoms with Crippen molar-refractivity contribution in [3.63, 3.8) is 0 Å². The normalized spacial score (nSPS) is 10.9. The van der Waals surface area contributed by atoms with E-state index in [2.05, 4.69) is 5.32 Å². The van der Waals surface area contributed by atoms with Crippen LogP contribution in [0, 0.1) is 5.82 Å². The Balaban J connectivity index is 1.30. The van der Waals surface area contributed by atoms with Crippen molar-refractivity contribution in [1.82, 2.24) is 0 Å². The van der Waals surface area contributed by atoms with Crippen molar-refractivity contribution in [3.8, 4) is 17.2 Å². The lowest BCUT2D eigenvalue weighted by Crippen LogP contribution is -2.20. The summed E-state index contributed by atoms with van der Waals surface area (Å²) < 4.78 is 30.5. The van der Waals surface area contributed by atoms with Gasteiger partial charge in [0.1, 0.15) is 29.2 Å². The molecule has 0 unspecified atom stereocenters. The molecular weight excluding hydrogens is 437 g/mol. The Bertz CT molecular complexity index is 1580. The first-order chi connectivity index (χ1) is 16.6. The van der Waals surface area contributed by atoms with Crippen molar-refractivity contribution in [2.24, 2.45) is 0 Å². The van der Waals surface area contributed by atoms with E-state index in [-0.39, 0.29) is 29.1 Å². The van der Waals surface area contributed by atoms with Crippen molar-refractivity contribution in [2.75, 3.05) is 11.9 Å². The van der Waals surface area contributed by atoms with Gasteiger partial charge in [0.15, 0.2) is 6.61 Å². The molecule has 0 saturated carbocycles. The average molecular weight is 455 g/mol. The predicted molar refractivity (Wildman–Crippen MR) is 127 cm³/mol. The third-order valence-electron chi connectivity index (χ3n) is 5.18. The Hall–Kier alpha value is -4.65. The summed E-state index contributed by atoms with van der Waals surface area (Å²) in [4.78, 5) is 24.9. The number of amides is 1. The maximum Gasteiger partial charge on any atom is 0.262 e. The van der Waals surface area contributed by atoms with E-state index in [1.807, 2.05) is 36.4 Å². The van der Waals surface area contributed by atoms with Gasteiger partial charge in [-0.25, -0.2) is 4.39 Å². The van der Waals surface area contributed by atoms with Gasteiger partial charge in [0, 0.05) is 6.07 Å². The fourth-order valence-corrected chi connectivity index (χ4v) is 3.51. The van der Waals surface area contributed by atoms with Gasteiger partial charge < -0.3 is 19.2 Å². The third-order valence-corrected chi connectivity index (χ3v) is 5.18. The van der Waals surface area contributed by atoms with Crippen LogP contribution in [0.1, 0.15) is 0 Å². The molecule has 0 bridgehead atoms. The molecule has 0 spiro atoms. The molecule has 5 rings (SSSR count). The first-order valence-corrected chi connectivity index (χ1v) is 10.5. The van der Waals surface area contributed by atoms with Gasteiger partial charge in [0.05, 0.1) is 11.1 Å². The summed E-state index contributed by atoms with van der Waals surface area (Å²) in [5.41, 5.74) is 0.0145. The molecule has 0 aliphatic rings. The Labute approximate surface area is 193 Å². The standard InChI is InChI=1S/C27H18FNO5/c28-22-7-3-4-8-23(22)29-26(30)16-32-19-11-12-21-24(14-19)33-15-25(27(21)31)34-20-10-9-17-5-1-2-6-18(17)13-20/h1-15H,16H2,(H,29,30). The second kappa shape index (κ2) is 9.07. The van der Waals surface area contributed by atoms with Gasteiger partial charge in [-0.05, 0) is 47.2 Å². The van der Waals surface area contributed by atoms with Crippen LogP contribution >= 0.6 is 0 Å². The van der Waals surface area contributed by atoms with Crippen molar-refractivity contribution in [2.45, 2.75) is 0 Å². The minimum Gasteiger partial charge on any atom is -0.484 e. The number of para-hydroxylation sites is 1. The number of carbonyl (C=O) groups excluding carboxylic acids is 1. The molecule has 0 atom stereocenters. The van der Waals surface area contributed by atoms with Gasteiger partial charge in [-0.3, -0.25) is 9.59 Å². The topological polar surface area (TPSA) is 77.8 Å². The Kier molecular flexibility index (Phi) is 5.66. The SMILES string of the molecule is O=C(COc1ccc2c(=O)c(Oc3ccc4ccccc4c3)coc2c1)Nc1ccccc1F. The highest BCUT2D eigenvalue weighted by Gasteiger charge is 2.12. The number of anilines is 1. The van der Waals surface area contributed by atoms with Crippen molar-refractivity contribution >= 4 is 33.3 Å². The van der Waals surface area contributed by atoms with E-state index in [0.717, 1.165) is 10.8 Å². The van der Waals surface area contributed by atoms with Gasteiger partial charge in [-0.1, -0.05) is 42.5 Å². The molecule has 7 heteroatoms. The average Bonchev–Trinajstić information content (AvgIpc) is 2.86. The van der Waals surface area contributed by atoms with Crippen LogP contribution in [0.5, 0.6) is 17.2 Å². The fourth-order valence-electron chi connectivity index (χ4n) is 3.51. The second-order valence-corrected chi connectivity index (χ2v) is 7.51. The van der Waals surface area contributed by atoms with Gasteiger partial charge in [0.25, 0.3) is 5.91 Å². The van der Waals surface area contributed by atoms with Gasteiger partial charge in [-0.15, -0.1) is 0 Å². The lowest BCUT2D eigenvalue weighted by atomic mass is 10.1. The highest BCUT2D eigenvalue weighted by atomic mass is 19.1. The van der Waals surface area contributed by atoms with Crippen LogP contribution in [-0.2, 0) is 4.79 Å². The van der Waals surface area contributed by atoms with E-state index < -0.39 is 11.7 Å². The number of hydrogen-bond acceptors (Lipinski definition) is 5. The van der Waals surface area contributed by atoms with Gasteiger partial charge in [-0.2, -0.15) is 0 Å². The maximum absolute atomic E-state index is 13.7. The molecule has 1 heterocycles. The number of carbonyl (C=O) groups is 1. The summed E-state index contributed by atoms with van der Waals surface area (Å²) in [5.74, 6) is -0.162. The molecular formula is C27H18FNO5. The smallest absolute Gasteiger partial charge is 0.262 e. The molecule has 0 saturated heterocycles. The summed E-state index contributed by atoms with van der Waals surface area (Å²) in [5, 5.41) is 4.80. The molecule has 0 aliphatic carbocycles. The number of fused-ring (bicyclic) bond motifs is 2. The van der Waals surface area contributed by atoms with E-state index in [9.17, 15) is 14.0 Å². The quantitative estimate of drug-likeness (QED) is 0.345. The molecule has 0 aliphatic heterocycles. The second-order valence-electron chi connectivity index (χ2n) is 7.51. The zero-order valence-corrected chi connectivity index (χ0v) is 17.8. The van der Waals surface area contributed by atoms with E-state index in [4.69, 9.17) is 13.9 Å². The first kappa shape index (κ1) is 21.2. The molecule has 5 aromatic rings. The summed E-state index contributed by atoms with van der Waals surface area (Å²) in [6.07, 6.45) is 1.24. The molecule has 34 heavy (non-hydrogen) atoms. The Morgan fingerprint density at radius 3 is 2.50 bits per heavy atom. The van der Waals surface area contributed by atoms with Gasteiger partial charge >= 0.3 is 0 Å². The zero-order chi connectivity index (χ0) is 23.5. The van der Waals surface area contributed by atoms with Crippen LogP contribution in [0.3, 0.4) is 0 Å². The van der Waals surface area contributed by atoms with Crippen LogP contribution in [0.2, 0.25) is 0 Å². The molecule has 168 valence electrons. The molecule has 0 fully saturated rings. The van der Waals surface area contributed by atoms with Crippen molar-refractivity contribution < 1.29 is 23.1 Å². The highest BCUT2D eigenvalue weighted by molar-refractivity contribution is 5.92. The monoisotopic (exact) mass is 455 g/mol. The summed E-state index contributed by atoms with van der Waals surface area (Å²) in [6.45, 7) is -0.340. The number of ether oxygens (including phenoxy) is 2. The minimum atomic E-state index is -0.537. The molecule has 0 radical (unpaired) electrons. The van der Waals surface area contributed by atoms with E-state index >= 15 is 0 Å². The predicted octanol–water partition coefficient (Wildman–Crippen LogP) is 5.90. The first-order valence-electron chi connectivity index (χ1n) is 10.5. The molecule has 1 N–H and O–H groups in total. The number of rotatable bonds is 6. The number of nitrogens with one attached hydrogen (secondary N) is 1. The zero-order valence-electron chi connectivity index (χ0n) is 17.8. The highest BCUT2D eigenvalue weighted by Crippen LogP contribution is 2.26. The van der Waals surface area contributed by atoms with Crippen LogP contribution in [0.25, 0.3) is 21.7 Å². The number of halogens is 1. The maximum atomic E-state index is 13.7. The van der Waals surface area contributed by atoms with Crippen LogP contribution in [0.15, 0.2) is 100 Å². The lowest BCUT2D eigenvalue weighted by Gasteiger charge is -2.09.